The molecule has 1 atom stereocenters. The Hall–Kier alpha value is -3.12. The molecule has 0 bridgehead atoms. The van der Waals surface area contributed by atoms with Crippen molar-refractivity contribution in [2.45, 2.75) is 33.0 Å². The summed E-state index contributed by atoms with van der Waals surface area (Å²) in [6, 6.07) is 11.5. The van der Waals surface area contributed by atoms with E-state index >= 15 is 0 Å². The van der Waals surface area contributed by atoms with E-state index in [1.165, 1.54) is 6.20 Å². The van der Waals surface area contributed by atoms with E-state index in [1.54, 1.807) is 21.0 Å². The molecule has 0 unspecified atom stereocenters. The van der Waals surface area contributed by atoms with Gasteiger partial charge in [-0.1, -0.05) is 24.3 Å². The number of benzene rings is 2. The van der Waals surface area contributed by atoms with Crippen LogP contribution in [0.2, 0.25) is 0 Å². The molecule has 0 saturated heterocycles. The highest BCUT2D eigenvalue weighted by Crippen LogP contribution is 2.28. The first-order valence-electron chi connectivity index (χ1n) is 8.96. The van der Waals surface area contributed by atoms with E-state index in [-0.39, 0.29) is 19.0 Å². The number of rotatable bonds is 6. The minimum absolute atomic E-state index is 0.0633. The Morgan fingerprint density at radius 1 is 1.18 bits per heavy atom. The third-order valence-electron chi connectivity index (χ3n) is 4.88. The van der Waals surface area contributed by atoms with Crippen LogP contribution in [0, 0.1) is 6.92 Å². The van der Waals surface area contributed by atoms with Gasteiger partial charge in [0.25, 0.3) is 0 Å². The number of esters is 1. The number of aromatic nitrogens is 1. The Morgan fingerprint density at radius 2 is 1.89 bits per heavy atom. The monoisotopic (exact) mass is 381 g/mol. The topological polar surface area (TPSA) is 88.9 Å². The van der Waals surface area contributed by atoms with Crippen molar-refractivity contribution >= 4 is 16.7 Å². The first-order valence-corrected chi connectivity index (χ1v) is 8.96. The van der Waals surface area contributed by atoms with E-state index < -0.39 is 11.9 Å². The second kappa shape index (κ2) is 8.27. The Bertz CT molecular complexity index is 1020. The number of fused-ring (bicyclic) bond motifs is 1. The van der Waals surface area contributed by atoms with Gasteiger partial charge in [0.15, 0.2) is 0 Å². The van der Waals surface area contributed by atoms with Gasteiger partial charge >= 0.3 is 5.97 Å². The number of aryl methyl sites for hydroxylation is 1. The molecular weight excluding hydrogens is 358 g/mol. The van der Waals surface area contributed by atoms with E-state index in [4.69, 9.17) is 9.47 Å². The number of aliphatic hydroxyl groups is 1. The zero-order chi connectivity index (χ0) is 20.3. The van der Waals surface area contributed by atoms with Crippen LogP contribution in [0.3, 0.4) is 0 Å². The quantitative estimate of drug-likeness (QED) is 0.634. The summed E-state index contributed by atoms with van der Waals surface area (Å²) in [7, 11) is 1.62. The molecule has 28 heavy (non-hydrogen) atoms. The molecule has 0 amide bonds. The molecule has 1 heterocycles. The van der Waals surface area contributed by atoms with Gasteiger partial charge < -0.3 is 19.7 Å². The number of hydrogen-bond donors (Lipinski definition) is 2. The van der Waals surface area contributed by atoms with E-state index in [0.717, 1.165) is 22.1 Å². The Kier molecular flexibility index (Phi) is 5.80. The van der Waals surface area contributed by atoms with Crippen LogP contribution in [0.5, 0.6) is 11.5 Å². The molecule has 0 spiro atoms. The molecule has 0 aliphatic heterocycles. The van der Waals surface area contributed by atoms with Crippen LogP contribution >= 0.6 is 0 Å². The van der Waals surface area contributed by atoms with E-state index in [9.17, 15) is 15.0 Å². The lowest BCUT2D eigenvalue weighted by atomic mass is 9.98. The average molecular weight is 381 g/mol. The summed E-state index contributed by atoms with van der Waals surface area (Å²) >= 11 is 0. The van der Waals surface area contributed by atoms with Crippen LogP contribution in [-0.4, -0.2) is 28.3 Å². The van der Waals surface area contributed by atoms with Crippen LogP contribution in [0.1, 0.15) is 35.2 Å². The second-order valence-corrected chi connectivity index (χ2v) is 6.66. The molecule has 146 valence electrons. The molecule has 1 aromatic heterocycles. The fourth-order valence-corrected chi connectivity index (χ4v) is 3.02. The molecular formula is C22H23NO5. The molecule has 2 N–H and O–H groups in total. The zero-order valence-electron chi connectivity index (χ0n) is 16.1. The lowest BCUT2D eigenvalue weighted by Crippen LogP contribution is -2.14. The molecule has 3 aromatic rings. The minimum Gasteiger partial charge on any atom is -0.506 e. The van der Waals surface area contributed by atoms with Crippen LogP contribution in [0.4, 0.5) is 0 Å². The predicted molar refractivity (Wildman–Crippen MR) is 105 cm³/mol. The summed E-state index contributed by atoms with van der Waals surface area (Å²) in [5.41, 5.74) is 2.06. The third-order valence-corrected chi connectivity index (χ3v) is 4.88. The number of methoxy groups -OCH3 is 1. The van der Waals surface area contributed by atoms with Crippen molar-refractivity contribution in [3.63, 3.8) is 0 Å². The van der Waals surface area contributed by atoms with Crippen molar-refractivity contribution in [3.8, 4) is 11.5 Å². The highest BCUT2D eigenvalue weighted by molar-refractivity contribution is 5.86. The van der Waals surface area contributed by atoms with Crippen LogP contribution < -0.4 is 4.74 Å². The second-order valence-electron chi connectivity index (χ2n) is 6.66. The number of carbonyl (C=O) groups excluding carboxylic acids is 1. The van der Waals surface area contributed by atoms with Crippen LogP contribution in [0.15, 0.2) is 42.6 Å². The van der Waals surface area contributed by atoms with Crippen LogP contribution in [0.25, 0.3) is 10.8 Å². The number of pyridine rings is 1. The molecule has 2 aromatic carbocycles. The van der Waals surface area contributed by atoms with Gasteiger partial charge in [0, 0.05) is 17.3 Å². The van der Waals surface area contributed by atoms with Crippen molar-refractivity contribution in [3.05, 3.63) is 65.0 Å². The van der Waals surface area contributed by atoms with Crippen LogP contribution in [-0.2, 0) is 22.7 Å². The number of nitrogens with zero attached hydrogens (tertiary/aromatic N) is 1. The smallest absolute Gasteiger partial charge is 0.313 e. The van der Waals surface area contributed by atoms with Gasteiger partial charge in [0.1, 0.15) is 18.1 Å². The average Bonchev–Trinajstić information content (AvgIpc) is 2.73. The first kappa shape index (κ1) is 19.6. The number of carbonyl (C=O) groups is 1. The molecule has 3 rings (SSSR count). The molecule has 0 radical (unpaired) electrons. The highest BCUT2D eigenvalue weighted by atomic mass is 16.5. The summed E-state index contributed by atoms with van der Waals surface area (Å²) < 4.78 is 10.6. The maximum absolute atomic E-state index is 12.5. The lowest BCUT2D eigenvalue weighted by molar-refractivity contribution is -0.146. The van der Waals surface area contributed by atoms with Gasteiger partial charge in [-0.2, -0.15) is 0 Å². The van der Waals surface area contributed by atoms with Gasteiger partial charge in [0.05, 0.1) is 25.3 Å². The Labute approximate surface area is 163 Å². The summed E-state index contributed by atoms with van der Waals surface area (Å²) in [5.74, 6) is -0.175. The SMILES string of the molecule is COc1ccc2cc([C@@H](C)C(=O)OCc3c(CO)cnc(C)c3O)ccc2c1. The van der Waals surface area contributed by atoms with Gasteiger partial charge in [-0.15, -0.1) is 0 Å². The normalized spacial score (nSPS) is 12.0. The van der Waals surface area contributed by atoms with E-state index in [2.05, 4.69) is 4.98 Å². The van der Waals surface area contributed by atoms with Crippen molar-refractivity contribution < 1.29 is 24.5 Å². The van der Waals surface area contributed by atoms with Gasteiger partial charge in [0.2, 0.25) is 0 Å². The molecule has 6 heteroatoms. The maximum atomic E-state index is 12.5. The number of ether oxygens (including phenoxy) is 2. The minimum atomic E-state index is -0.478. The lowest BCUT2D eigenvalue weighted by Gasteiger charge is -2.15. The zero-order valence-corrected chi connectivity index (χ0v) is 16.1. The number of aromatic hydroxyl groups is 1. The van der Waals surface area contributed by atoms with E-state index in [0.29, 0.717) is 16.8 Å². The summed E-state index contributed by atoms with van der Waals surface area (Å²) in [4.78, 5) is 16.5. The van der Waals surface area contributed by atoms with Crippen molar-refractivity contribution in [2.24, 2.45) is 0 Å². The Balaban J connectivity index is 1.76. The van der Waals surface area contributed by atoms with Crippen molar-refractivity contribution in [1.82, 2.24) is 4.98 Å². The maximum Gasteiger partial charge on any atom is 0.313 e. The predicted octanol–water partition coefficient (Wildman–Crippen LogP) is 3.60. The largest absolute Gasteiger partial charge is 0.506 e. The molecule has 0 aliphatic rings. The summed E-state index contributed by atoms with van der Waals surface area (Å²) in [5, 5.41) is 21.6. The summed E-state index contributed by atoms with van der Waals surface area (Å²) in [6.07, 6.45) is 1.47. The van der Waals surface area contributed by atoms with Crippen molar-refractivity contribution in [1.29, 1.82) is 0 Å². The summed E-state index contributed by atoms with van der Waals surface area (Å²) in [6.45, 7) is 3.00. The standard InChI is InChI=1S/C22H23NO5/c1-13(15-4-5-17-9-19(27-3)7-6-16(17)8-15)22(26)28-12-20-18(11-24)10-23-14(2)21(20)25/h4-10,13,24-25H,11-12H2,1-3H3/t13-/m1/s1. The molecule has 6 nitrogen and oxygen atoms in total. The molecule has 0 fully saturated rings. The fourth-order valence-electron chi connectivity index (χ4n) is 3.02. The molecule has 0 aliphatic carbocycles. The highest BCUT2D eigenvalue weighted by Gasteiger charge is 2.19. The fraction of sp³-hybridized carbons (Fsp3) is 0.273. The molecule has 0 saturated carbocycles. The first-order chi connectivity index (χ1) is 13.4. The van der Waals surface area contributed by atoms with Gasteiger partial charge in [-0.25, -0.2) is 0 Å². The third kappa shape index (κ3) is 3.92. The number of aliphatic hydroxyl groups excluding tert-OH is 1. The Morgan fingerprint density at radius 3 is 2.61 bits per heavy atom. The van der Waals surface area contributed by atoms with Gasteiger partial charge in [-0.05, 0) is 42.3 Å². The van der Waals surface area contributed by atoms with Gasteiger partial charge in [-0.3, -0.25) is 9.78 Å². The number of hydrogen-bond acceptors (Lipinski definition) is 6. The van der Waals surface area contributed by atoms with Crippen molar-refractivity contribution in [2.75, 3.05) is 7.11 Å². The van der Waals surface area contributed by atoms with E-state index in [1.807, 2.05) is 36.4 Å².